The van der Waals surface area contributed by atoms with Gasteiger partial charge in [0.05, 0.1) is 12.0 Å². The third-order valence-electron chi connectivity index (χ3n) is 2.51. The van der Waals surface area contributed by atoms with Crippen LogP contribution in [0.2, 0.25) is 0 Å². The molecule has 0 atom stereocenters. The van der Waals surface area contributed by atoms with Crippen molar-refractivity contribution < 1.29 is 8.78 Å². The van der Waals surface area contributed by atoms with E-state index in [-0.39, 0.29) is 16.8 Å². The van der Waals surface area contributed by atoms with E-state index in [2.05, 4.69) is 9.97 Å². The maximum atomic E-state index is 13.6. The summed E-state index contributed by atoms with van der Waals surface area (Å²) in [6.07, 6.45) is 1.58. The van der Waals surface area contributed by atoms with Crippen LogP contribution in [0.25, 0.3) is 11.3 Å². The first-order valence-corrected chi connectivity index (χ1v) is 5.16. The van der Waals surface area contributed by atoms with Gasteiger partial charge in [-0.3, -0.25) is 4.79 Å². The summed E-state index contributed by atoms with van der Waals surface area (Å²) < 4.78 is 26.7. The Morgan fingerprint density at radius 1 is 1.35 bits per heavy atom. The van der Waals surface area contributed by atoms with Crippen LogP contribution in [0, 0.1) is 11.6 Å². The van der Waals surface area contributed by atoms with E-state index in [9.17, 15) is 13.6 Å². The molecule has 3 nitrogen and oxygen atoms in total. The molecule has 1 aromatic heterocycles. The summed E-state index contributed by atoms with van der Waals surface area (Å²) in [6.45, 7) is 1.76. The van der Waals surface area contributed by atoms with Gasteiger partial charge in [-0.2, -0.15) is 0 Å². The molecule has 88 valence electrons. The minimum Gasteiger partial charge on any atom is -0.313 e. The Kier molecular flexibility index (Phi) is 2.99. The molecule has 0 bridgehead atoms. The van der Waals surface area contributed by atoms with Gasteiger partial charge in [0.2, 0.25) is 0 Å². The number of nitrogens with one attached hydrogen (secondary N) is 1. The number of hydrogen-bond acceptors (Lipinski definition) is 2. The molecular formula is C12H10F2N2O. The maximum absolute atomic E-state index is 13.6. The molecule has 0 unspecified atom stereocenters. The van der Waals surface area contributed by atoms with Gasteiger partial charge < -0.3 is 4.98 Å². The molecule has 0 radical (unpaired) electrons. The Bertz CT molecular complexity index is 608. The fraction of sp³-hybridized carbons (Fsp3) is 0.167. The molecule has 5 heteroatoms. The van der Waals surface area contributed by atoms with Crippen LogP contribution >= 0.6 is 0 Å². The highest BCUT2D eigenvalue weighted by Gasteiger charge is 2.15. The highest BCUT2D eigenvalue weighted by atomic mass is 19.2. The zero-order chi connectivity index (χ0) is 12.4. The molecule has 0 aliphatic rings. The van der Waals surface area contributed by atoms with Crippen molar-refractivity contribution in [1.82, 2.24) is 9.97 Å². The summed E-state index contributed by atoms with van der Waals surface area (Å²) >= 11 is 0. The zero-order valence-corrected chi connectivity index (χ0v) is 9.13. The van der Waals surface area contributed by atoms with E-state index in [4.69, 9.17) is 0 Å². The second-order valence-corrected chi connectivity index (χ2v) is 3.51. The third-order valence-corrected chi connectivity index (χ3v) is 2.51. The van der Waals surface area contributed by atoms with Gasteiger partial charge >= 0.3 is 0 Å². The second kappa shape index (κ2) is 4.45. The van der Waals surface area contributed by atoms with Crippen molar-refractivity contribution in [3.63, 3.8) is 0 Å². The number of benzene rings is 1. The van der Waals surface area contributed by atoms with Gasteiger partial charge in [-0.15, -0.1) is 0 Å². The number of rotatable bonds is 2. The molecule has 0 spiro atoms. The molecular weight excluding hydrogens is 226 g/mol. The van der Waals surface area contributed by atoms with Crippen LogP contribution in [0.3, 0.4) is 0 Å². The highest BCUT2D eigenvalue weighted by molar-refractivity contribution is 5.63. The van der Waals surface area contributed by atoms with Crippen LogP contribution in [-0.4, -0.2) is 9.97 Å². The van der Waals surface area contributed by atoms with Gasteiger partial charge in [0.15, 0.2) is 11.6 Å². The Balaban J connectivity index is 2.73. The maximum Gasteiger partial charge on any atom is 0.254 e. The van der Waals surface area contributed by atoms with Crippen molar-refractivity contribution in [2.45, 2.75) is 13.3 Å². The Hall–Kier alpha value is -2.04. The summed E-state index contributed by atoms with van der Waals surface area (Å²) in [7, 11) is 0. The fourth-order valence-corrected chi connectivity index (χ4v) is 1.67. The van der Waals surface area contributed by atoms with Crippen molar-refractivity contribution in [3.05, 3.63) is 52.1 Å². The SMILES string of the molecule is CCc1c(-c2cccc(F)c2F)nc[nH]c1=O. The van der Waals surface area contributed by atoms with Gasteiger partial charge in [0, 0.05) is 11.1 Å². The number of H-pyrrole nitrogens is 1. The largest absolute Gasteiger partial charge is 0.313 e. The summed E-state index contributed by atoms with van der Waals surface area (Å²) in [5.41, 5.74) is 0.208. The molecule has 17 heavy (non-hydrogen) atoms. The van der Waals surface area contributed by atoms with Crippen LogP contribution in [-0.2, 0) is 6.42 Å². The molecule has 1 N–H and O–H groups in total. The average molecular weight is 236 g/mol. The van der Waals surface area contributed by atoms with Gasteiger partial charge in [-0.25, -0.2) is 13.8 Å². The van der Waals surface area contributed by atoms with Crippen molar-refractivity contribution >= 4 is 0 Å². The standard InChI is InChI=1S/C12H10F2N2O/c1-2-7-11(15-6-16-12(7)17)8-4-3-5-9(13)10(8)14/h3-6H,2H2,1H3,(H,15,16,17). The van der Waals surface area contributed by atoms with Crippen molar-refractivity contribution in [1.29, 1.82) is 0 Å². The monoisotopic (exact) mass is 236 g/mol. The average Bonchev–Trinajstić information content (AvgIpc) is 2.32. The lowest BCUT2D eigenvalue weighted by Crippen LogP contribution is -2.14. The lowest BCUT2D eigenvalue weighted by atomic mass is 10.0. The first-order chi connectivity index (χ1) is 8.15. The summed E-state index contributed by atoms with van der Waals surface area (Å²) in [4.78, 5) is 17.9. The Labute approximate surface area is 96.2 Å². The van der Waals surface area contributed by atoms with Gasteiger partial charge in [0.1, 0.15) is 0 Å². The van der Waals surface area contributed by atoms with Crippen LogP contribution in [0.4, 0.5) is 8.78 Å². The summed E-state index contributed by atoms with van der Waals surface area (Å²) in [5.74, 6) is -1.94. The molecule has 0 saturated carbocycles. The smallest absolute Gasteiger partial charge is 0.254 e. The number of nitrogens with zero attached hydrogens (tertiary/aromatic N) is 1. The van der Waals surface area contributed by atoms with E-state index in [0.717, 1.165) is 6.07 Å². The van der Waals surface area contributed by atoms with Crippen molar-refractivity contribution in [3.8, 4) is 11.3 Å². The summed E-state index contributed by atoms with van der Waals surface area (Å²) in [6, 6.07) is 3.81. The molecule has 1 aromatic carbocycles. The van der Waals surface area contributed by atoms with Crippen molar-refractivity contribution in [2.75, 3.05) is 0 Å². The first-order valence-electron chi connectivity index (χ1n) is 5.16. The van der Waals surface area contributed by atoms with Crippen LogP contribution in [0.5, 0.6) is 0 Å². The minimum atomic E-state index is -0.986. The van der Waals surface area contributed by atoms with E-state index < -0.39 is 11.6 Å². The van der Waals surface area contributed by atoms with Crippen LogP contribution < -0.4 is 5.56 Å². The Morgan fingerprint density at radius 3 is 2.82 bits per heavy atom. The molecule has 0 amide bonds. The molecule has 0 aliphatic heterocycles. The predicted molar refractivity (Wildman–Crippen MR) is 59.6 cm³/mol. The number of aromatic amines is 1. The number of hydrogen-bond donors (Lipinski definition) is 1. The topological polar surface area (TPSA) is 45.8 Å². The van der Waals surface area contributed by atoms with E-state index >= 15 is 0 Å². The molecule has 2 aromatic rings. The second-order valence-electron chi connectivity index (χ2n) is 3.51. The van der Waals surface area contributed by atoms with E-state index in [1.807, 2.05) is 0 Å². The van der Waals surface area contributed by atoms with Gasteiger partial charge in [-0.1, -0.05) is 13.0 Å². The third kappa shape index (κ3) is 1.95. The minimum absolute atomic E-state index is 0.00736. The Morgan fingerprint density at radius 2 is 2.12 bits per heavy atom. The van der Waals surface area contributed by atoms with Crippen molar-refractivity contribution in [2.24, 2.45) is 0 Å². The number of halogens is 2. The van der Waals surface area contributed by atoms with Crippen LogP contribution in [0.1, 0.15) is 12.5 Å². The molecule has 0 fully saturated rings. The zero-order valence-electron chi connectivity index (χ0n) is 9.13. The molecule has 1 heterocycles. The predicted octanol–water partition coefficient (Wildman–Crippen LogP) is 2.28. The lowest BCUT2D eigenvalue weighted by Gasteiger charge is -2.06. The molecule has 0 saturated heterocycles. The normalized spacial score (nSPS) is 10.5. The quantitative estimate of drug-likeness (QED) is 0.869. The summed E-state index contributed by atoms with van der Waals surface area (Å²) in [5, 5.41) is 0. The molecule has 0 aliphatic carbocycles. The van der Waals surface area contributed by atoms with E-state index in [0.29, 0.717) is 12.0 Å². The van der Waals surface area contributed by atoms with E-state index in [1.54, 1.807) is 6.92 Å². The van der Waals surface area contributed by atoms with E-state index in [1.165, 1.54) is 18.5 Å². The first kappa shape index (κ1) is 11.4. The van der Waals surface area contributed by atoms with Crippen LogP contribution in [0.15, 0.2) is 29.3 Å². The van der Waals surface area contributed by atoms with Gasteiger partial charge in [0.25, 0.3) is 5.56 Å². The highest BCUT2D eigenvalue weighted by Crippen LogP contribution is 2.23. The fourth-order valence-electron chi connectivity index (χ4n) is 1.67. The number of aromatic nitrogens is 2. The van der Waals surface area contributed by atoms with Gasteiger partial charge in [-0.05, 0) is 18.6 Å². The lowest BCUT2D eigenvalue weighted by molar-refractivity contribution is 0.511. The molecule has 2 rings (SSSR count).